The van der Waals surface area contributed by atoms with Crippen LogP contribution in [0.25, 0.3) is 0 Å². The molecule has 8 nitrogen and oxygen atoms in total. The van der Waals surface area contributed by atoms with Gasteiger partial charge in [-0.25, -0.2) is 4.79 Å². The van der Waals surface area contributed by atoms with E-state index in [0.717, 1.165) is 4.90 Å². The molecular formula is C19H18N2O6. The normalized spacial score (nSPS) is 13.1. The number of furan rings is 1. The fourth-order valence-corrected chi connectivity index (χ4v) is 2.70. The summed E-state index contributed by atoms with van der Waals surface area (Å²) in [7, 11) is 0. The maximum absolute atomic E-state index is 12.5. The Morgan fingerprint density at radius 3 is 2.56 bits per heavy atom. The van der Waals surface area contributed by atoms with Crippen molar-refractivity contribution in [2.75, 3.05) is 6.61 Å². The Labute approximate surface area is 155 Å². The fourth-order valence-electron chi connectivity index (χ4n) is 2.70. The molecule has 8 heteroatoms. The highest BCUT2D eigenvalue weighted by molar-refractivity contribution is 6.21. The Morgan fingerprint density at radius 2 is 1.89 bits per heavy atom. The number of carbonyl (C=O) groups excluding carboxylic acids is 4. The van der Waals surface area contributed by atoms with Gasteiger partial charge in [-0.05, 0) is 44.2 Å². The van der Waals surface area contributed by atoms with Crippen molar-refractivity contribution >= 4 is 23.7 Å². The zero-order valence-corrected chi connectivity index (χ0v) is 14.9. The number of hydrogen-bond acceptors (Lipinski definition) is 6. The number of amides is 3. The molecule has 27 heavy (non-hydrogen) atoms. The van der Waals surface area contributed by atoms with Crippen molar-refractivity contribution in [2.45, 2.75) is 26.4 Å². The van der Waals surface area contributed by atoms with Crippen LogP contribution in [0.15, 0.2) is 41.0 Å². The van der Waals surface area contributed by atoms with Crippen LogP contribution in [0.5, 0.6) is 0 Å². The molecule has 0 saturated carbocycles. The molecule has 2 heterocycles. The molecule has 0 saturated heterocycles. The van der Waals surface area contributed by atoms with Gasteiger partial charge in [0.25, 0.3) is 17.7 Å². The van der Waals surface area contributed by atoms with Crippen LogP contribution < -0.4 is 5.32 Å². The molecular weight excluding hydrogens is 352 g/mol. The molecule has 0 spiro atoms. The number of hydrogen-bond donors (Lipinski definition) is 1. The SMILES string of the molecule is CC(C)NC(=O)COC(=O)c1ccc2c(c1)C(=O)N(Cc1ccco1)C2=O. The van der Waals surface area contributed by atoms with E-state index in [2.05, 4.69) is 5.32 Å². The summed E-state index contributed by atoms with van der Waals surface area (Å²) in [6, 6.07) is 7.36. The molecule has 2 aromatic rings. The van der Waals surface area contributed by atoms with Crippen LogP contribution in [0.1, 0.15) is 50.7 Å². The summed E-state index contributed by atoms with van der Waals surface area (Å²) in [5, 5.41) is 2.60. The highest BCUT2D eigenvalue weighted by Crippen LogP contribution is 2.26. The van der Waals surface area contributed by atoms with Gasteiger partial charge < -0.3 is 14.5 Å². The molecule has 1 aromatic carbocycles. The Bertz CT molecular complexity index is 901. The first-order valence-corrected chi connectivity index (χ1v) is 8.36. The number of carbonyl (C=O) groups is 4. The van der Waals surface area contributed by atoms with E-state index < -0.39 is 30.3 Å². The molecule has 1 N–H and O–H groups in total. The number of rotatable bonds is 6. The predicted molar refractivity (Wildman–Crippen MR) is 92.9 cm³/mol. The average molecular weight is 370 g/mol. The predicted octanol–water partition coefficient (Wildman–Crippen LogP) is 1.76. The van der Waals surface area contributed by atoms with E-state index >= 15 is 0 Å². The van der Waals surface area contributed by atoms with Gasteiger partial charge in [-0.2, -0.15) is 0 Å². The summed E-state index contributed by atoms with van der Waals surface area (Å²) in [4.78, 5) is 49.7. The first kappa shape index (κ1) is 18.4. The lowest BCUT2D eigenvalue weighted by Gasteiger charge is -2.11. The van der Waals surface area contributed by atoms with Crippen LogP contribution >= 0.6 is 0 Å². The van der Waals surface area contributed by atoms with E-state index in [9.17, 15) is 19.2 Å². The molecule has 1 aliphatic heterocycles. The highest BCUT2D eigenvalue weighted by Gasteiger charge is 2.36. The molecule has 0 fully saturated rings. The van der Waals surface area contributed by atoms with Crippen LogP contribution in [0.2, 0.25) is 0 Å². The second-order valence-corrected chi connectivity index (χ2v) is 6.33. The Hall–Kier alpha value is -3.42. The van der Waals surface area contributed by atoms with E-state index in [0.29, 0.717) is 5.76 Å². The maximum Gasteiger partial charge on any atom is 0.338 e. The topological polar surface area (TPSA) is 106 Å². The van der Waals surface area contributed by atoms with Gasteiger partial charge in [-0.15, -0.1) is 0 Å². The highest BCUT2D eigenvalue weighted by atomic mass is 16.5. The molecule has 0 atom stereocenters. The second kappa shape index (κ2) is 7.45. The number of fused-ring (bicyclic) bond motifs is 1. The van der Waals surface area contributed by atoms with Gasteiger partial charge in [-0.3, -0.25) is 19.3 Å². The second-order valence-electron chi connectivity index (χ2n) is 6.33. The van der Waals surface area contributed by atoms with Crippen LogP contribution in [0.3, 0.4) is 0 Å². The molecule has 3 rings (SSSR count). The number of imide groups is 1. The zero-order chi connectivity index (χ0) is 19.6. The Kier molecular flexibility index (Phi) is 5.07. The first-order valence-electron chi connectivity index (χ1n) is 8.36. The van der Waals surface area contributed by atoms with Gasteiger partial charge >= 0.3 is 5.97 Å². The van der Waals surface area contributed by atoms with E-state index in [1.54, 1.807) is 26.0 Å². The van der Waals surface area contributed by atoms with Crippen molar-refractivity contribution in [3.8, 4) is 0 Å². The number of benzene rings is 1. The summed E-state index contributed by atoms with van der Waals surface area (Å²) in [5.41, 5.74) is 0.417. The maximum atomic E-state index is 12.5. The molecule has 1 aromatic heterocycles. The standard InChI is InChI=1S/C19H18N2O6/c1-11(2)20-16(22)10-27-19(25)12-5-6-14-15(8-12)18(24)21(17(14)23)9-13-4-3-7-26-13/h3-8,11H,9-10H2,1-2H3,(H,20,22). The molecule has 0 aliphatic carbocycles. The van der Waals surface area contributed by atoms with E-state index in [1.807, 2.05) is 0 Å². The number of nitrogens with zero attached hydrogens (tertiary/aromatic N) is 1. The summed E-state index contributed by atoms with van der Waals surface area (Å²) in [6.45, 7) is 3.16. The van der Waals surface area contributed by atoms with Gasteiger partial charge in [0.05, 0.1) is 29.5 Å². The number of nitrogens with one attached hydrogen (secondary N) is 1. The van der Waals surface area contributed by atoms with E-state index in [1.165, 1.54) is 24.5 Å². The van der Waals surface area contributed by atoms with Crippen LogP contribution in [0, 0.1) is 0 Å². The Balaban J connectivity index is 1.71. The van der Waals surface area contributed by atoms with Gasteiger partial charge in [0, 0.05) is 6.04 Å². The molecule has 3 amide bonds. The molecule has 0 unspecified atom stereocenters. The Morgan fingerprint density at radius 1 is 1.15 bits per heavy atom. The van der Waals surface area contributed by atoms with Crippen molar-refractivity contribution in [3.63, 3.8) is 0 Å². The minimum absolute atomic E-state index is 0.00843. The summed E-state index contributed by atoms with van der Waals surface area (Å²) < 4.78 is 10.1. The van der Waals surface area contributed by atoms with Gasteiger partial charge in [-0.1, -0.05) is 0 Å². The van der Waals surface area contributed by atoms with Crippen molar-refractivity contribution in [1.82, 2.24) is 10.2 Å². The third-order valence-corrected chi connectivity index (χ3v) is 3.88. The van der Waals surface area contributed by atoms with Crippen molar-refractivity contribution in [1.29, 1.82) is 0 Å². The third kappa shape index (κ3) is 3.89. The molecule has 0 radical (unpaired) electrons. The van der Waals surface area contributed by atoms with Crippen molar-refractivity contribution in [2.24, 2.45) is 0 Å². The van der Waals surface area contributed by atoms with Crippen LogP contribution in [-0.2, 0) is 16.1 Å². The largest absolute Gasteiger partial charge is 0.467 e. The van der Waals surface area contributed by atoms with Crippen molar-refractivity contribution < 1.29 is 28.3 Å². The van der Waals surface area contributed by atoms with Crippen molar-refractivity contribution in [3.05, 3.63) is 59.0 Å². The third-order valence-electron chi connectivity index (χ3n) is 3.88. The summed E-state index contributed by atoms with van der Waals surface area (Å²) in [6.07, 6.45) is 1.46. The number of ether oxygens (including phenoxy) is 1. The lowest BCUT2D eigenvalue weighted by Crippen LogP contribution is -2.34. The molecule has 1 aliphatic rings. The van der Waals surface area contributed by atoms with Gasteiger partial charge in [0.2, 0.25) is 0 Å². The zero-order valence-electron chi connectivity index (χ0n) is 14.9. The van der Waals surface area contributed by atoms with Gasteiger partial charge in [0.1, 0.15) is 5.76 Å². The minimum atomic E-state index is -0.749. The van der Waals surface area contributed by atoms with E-state index in [-0.39, 0.29) is 29.3 Å². The molecule has 0 bridgehead atoms. The summed E-state index contributed by atoms with van der Waals surface area (Å²) >= 11 is 0. The lowest BCUT2D eigenvalue weighted by molar-refractivity contribution is -0.124. The van der Waals surface area contributed by atoms with Gasteiger partial charge in [0.15, 0.2) is 6.61 Å². The van der Waals surface area contributed by atoms with Crippen LogP contribution in [-0.4, -0.2) is 41.2 Å². The summed E-state index contributed by atoms with van der Waals surface area (Å²) in [5.74, 6) is -1.67. The lowest BCUT2D eigenvalue weighted by atomic mass is 10.1. The molecule has 140 valence electrons. The van der Waals surface area contributed by atoms with E-state index in [4.69, 9.17) is 9.15 Å². The quantitative estimate of drug-likeness (QED) is 0.613. The van der Waals surface area contributed by atoms with Crippen LogP contribution in [0.4, 0.5) is 0 Å². The smallest absolute Gasteiger partial charge is 0.338 e. The minimum Gasteiger partial charge on any atom is -0.467 e. The average Bonchev–Trinajstić information content (AvgIpc) is 3.22. The monoisotopic (exact) mass is 370 g/mol. The first-order chi connectivity index (χ1) is 12.9. The number of esters is 1. The fraction of sp³-hybridized carbons (Fsp3) is 0.263.